The number of benzene rings is 1. The van der Waals surface area contributed by atoms with Crippen LogP contribution in [0.1, 0.15) is 43.0 Å². The van der Waals surface area contributed by atoms with E-state index in [4.69, 9.17) is 16.6 Å². The Morgan fingerprint density at radius 2 is 1.95 bits per heavy atom. The molecule has 1 unspecified atom stereocenters. The summed E-state index contributed by atoms with van der Waals surface area (Å²) in [6, 6.07) is 6.31. The highest BCUT2D eigenvalue weighted by Gasteiger charge is 2.17. The van der Waals surface area contributed by atoms with Crippen molar-refractivity contribution in [3.63, 3.8) is 0 Å². The van der Waals surface area contributed by atoms with Crippen LogP contribution in [0.15, 0.2) is 18.2 Å². The van der Waals surface area contributed by atoms with Gasteiger partial charge in [0.15, 0.2) is 0 Å². The quantitative estimate of drug-likeness (QED) is 0.792. The third-order valence-corrected chi connectivity index (χ3v) is 4.64. The van der Waals surface area contributed by atoms with Crippen molar-refractivity contribution in [3.05, 3.63) is 29.6 Å². The molecule has 0 aliphatic carbocycles. The van der Waals surface area contributed by atoms with Crippen LogP contribution in [-0.4, -0.2) is 34.1 Å². The van der Waals surface area contributed by atoms with Crippen LogP contribution in [0.4, 0.5) is 0 Å². The van der Waals surface area contributed by atoms with Crippen molar-refractivity contribution in [3.8, 4) is 0 Å². The van der Waals surface area contributed by atoms with Gasteiger partial charge >= 0.3 is 0 Å². The van der Waals surface area contributed by atoms with Crippen LogP contribution in [0.2, 0.25) is 0 Å². The number of nitrogens with zero attached hydrogens (tertiary/aromatic N) is 3. The number of aryl methyl sites for hydroxylation is 1. The highest BCUT2D eigenvalue weighted by molar-refractivity contribution is 6.20. The lowest BCUT2D eigenvalue weighted by Crippen LogP contribution is -2.32. The molecule has 1 saturated heterocycles. The summed E-state index contributed by atoms with van der Waals surface area (Å²) in [5.74, 6) is 0.998. The van der Waals surface area contributed by atoms with Gasteiger partial charge in [-0.25, -0.2) is 4.98 Å². The van der Waals surface area contributed by atoms with Crippen molar-refractivity contribution >= 4 is 22.6 Å². The average Bonchev–Trinajstić information content (AvgIpc) is 2.86. The fourth-order valence-electron chi connectivity index (χ4n) is 3.34. The third-order valence-electron chi connectivity index (χ3n) is 4.44. The first-order valence-electron chi connectivity index (χ1n) is 7.99. The molecule has 0 amide bonds. The summed E-state index contributed by atoms with van der Waals surface area (Å²) in [7, 11) is 0. The molecular formula is C17H24ClN3. The molecule has 0 radical (unpaired) electrons. The maximum atomic E-state index is 6.36. The topological polar surface area (TPSA) is 21.1 Å². The second kappa shape index (κ2) is 6.37. The molecule has 2 aromatic rings. The molecule has 1 aliphatic rings. The van der Waals surface area contributed by atoms with Gasteiger partial charge in [0.1, 0.15) is 5.82 Å². The second-order valence-corrected chi connectivity index (χ2v) is 6.74. The normalized spacial score (nSPS) is 18.2. The number of halogens is 1. The SMILES string of the molecule is Cc1cccc2nc(C(C)Cl)n(CCN3CCCCC3)c12. The Bertz CT molecular complexity index is 612. The zero-order chi connectivity index (χ0) is 14.8. The second-order valence-electron chi connectivity index (χ2n) is 6.08. The van der Waals surface area contributed by atoms with Crippen molar-refractivity contribution in [2.75, 3.05) is 19.6 Å². The van der Waals surface area contributed by atoms with Crippen LogP contribution in [-0.2, 0) is 6.54 Å². The van der Waals surface area contributed by atoms with E-state index in [9.17, 15) is 0 Å². The van der Waals surface area contributed by atoms with Crippen LogP contribution in [0.3, 0.4) is 0 Å². The van der Waals surface area contributed by atoms with Crippen molar-refractivity contribution in [1.29, 1.82) is 0 Å². The third kappa shape index (κ3) is 3.09. The molecule has 114 valence electrons. The van der Waals surface area contributed by atoms with Gasteiger partial charge in [0.05, 0.1) is 16.4 Å². The Labute approximate surface area is 131 Å². The smallest absolute Gasteiger partial charge is 0.127 e. The molecule has 21 heavy (non-hydrogen) atoms. The number of fused-ring (bicyclic) bond motifs is 1. The number of hydrogen-bond donors (Lipinski definition) is 0. The summed E-state index contributed by atoms with van der Waals surface area (Å²) < 4.78 is 2.33. The summed E-state index contributed by atoms with van der Waals surface area (Å²) in [5.41, 5.74) is 3.59. The van der Waals surface area contributed by atoms with Gasteiger partial charge in [0, 0.05) is 13.1 Å². The molecule has 4 heteroatoms. The molecule has 2 heterocycles. The van der Waals surface area contributed by atoms with E-state index in [-0.39, 0.29) is 5.38 Å². The van der Waals surface area contributed by atoms with Gasteiger partial charge in [0.25, 0.3) is 0 Å². The Balaban J connectivity index is 1.89. The minimum atomic E-state index is -0.0573. The number of aromatic nitrogens is 2. The van der Waals surface area contributed by atoms with E-state index in [0.29, 0.717) is 0 Å². The van der Waals surface area contributed by atoms with Gasteiger partial charge in [-0.15, -0.1) is 11.6 Å². The van der Waals surface area contributed by atoms with Gasteiger partial charge < -0.3 is 9.47 Å². The van der Waals surface area contributed by atoms with Gasteiger partial charge in [-0.05, 0) is 51.4 Å². The minimum Gasteiger partial charge on any atom is -0.325 e. The molecule has 1 atom stereocenters. The summed E-state index contributed by atoms with van der Waals surface area (Å²) in [4.78, 5) is 7.32. The Morgan fingerprint density at radius 3 is 2.67 bits per heavy atom. The van der Waals surface area contributed by atoms with Crippen LogP contribution in [0.5, 0.6) is 0 Å². The zero-order valence-electron chi connectivity index (χ0n) is 13.0. The Kier molecular flexibility index (Phi) is 4.51. The summed E-state index contributed by atoms with van der Waals surface area (Å²) in [6.07, 6.45) is 4.05. The Hall–Kier alpha value is -1.06. The van der Waals surface area contributed by atoms with Gasteiger partial charge in [0.2, 0.25) is 0 Å². The van der Waals surface area contributed by atoms with Gasteiger partial charge in [-0.2, -0.15) is 0 Å². The first-order chi connectivity index (χ1) is 10.2. The average molecular weight is 306 g/mol. The zero-order valence-corrected chi connectivity index (χ0v) is 13.7. The lowest BCUT2D eigenvalue weighted by Gasteiger charge is -2.27. The molecule has 0 spiro atoms. The molecular weight excluding hydrogens is 282 g/mol. The van der Waals surface area contributed by atoms with E-state index >= 15 is 0 Å². The first kappa shape index (κ1) is 14.9. The summed E-state index contributed by atoms with van der Waals surface area (Å²) in [5, 5.41) is -0.0573. The maximum Gasteiger partial charge on any atom is 0.127 e. The van der Waals surface area contributed by atoms with Gasteiger partial charge in [-0.1, -0.05) is 18.6 Å². The molecule has 0 saturated carbocycles. The predicted molar refractivity (Wildman–Crippen MR) is 89.0 cm³/mol. The van der Waals surface area contributed by atoms with Crippen molar-refractivity contribution in [2.24, 2.45) is 0 Å². The van der Waals surface area contributed by atoms with Crippen LogP contribution >= 0.6 is 11.6 Å². The monoisotopic (exact) mass is 305 g/mol. The van der Waals surface area contributed by atoms with Crippen molar-refractivity contribution in [2.45, 2.75) is 45.0 Å². The van der Waals surface area contributed by atoms with E-state index in [2.05, 4.69) is 34.6 Å². The lowest BCUT2D eigenvalue weighted by atomic mass is 10.1. The van der Waals surface area contributed by atoms with Crippen molar-refractivity contribution in [1.82, 2.24) is 14.5 Å². The van der Waals surface area contributed by atoms with Crippen LogP contribution < -0.4 is 0 Å². The first-order valence-corrected chi connectivity index (χ1v) is 8.42. The maximum absolute atomic E-state index is 6.36. The highest BCUT2D eigenvalue weighted by atomic mass is 35.5. The molecule has 1 aromatic heterocycles. The number of hydrogen-bond acceptors (Lipinski definition) is 2. The number of para-hydroxylation sites is 1. The van der Waals surface area contributed by atoms with E-state index in [0.717, 1.165) is 24.4 Å². The molecule has 0 N–H and O–H groups in total. The minimum absolute atomic E-state index is 0.0573. The molecule has 3 nitrogen and oxygen atoms in total. The van der Waals surface area contributed by atoms with Crippen molar-refractivity contribution < 1.29 is 0 Å². The van der Waals surface area contributed by atoms with E-state index in [1.807, 2.05) is 6.92 Å². The van der Waals surface area contributed by atoms with Crippen LogP contribution in [0, 0.1) is 6.92 Å². The molecule has 3 rings (SSSR count). The predicted octanol–water partition coefficient (Wildman–Crippen LogP) is 4.13. The highest BCUT2D eigenvalue weighted by Crippen LogP contribution is 2.26. The van der Waals surface area contributed by atoms with E-state index < -0.39 is 0 Å². The number of piperidine rings is 1. The van der Waals surface area contributed by atoms with E-state index in [1.165, 1.54) is 43.4 Å². The summed E-state index contributed by atoms with van der Waals surface area (Å²) >= 11 is 6.36. The largest absolute Gasteiger partial charge is 0.325 e. The standard InChI is InChI=1S/C17H24ClN3/c1-13-7-6-8-15-16(13)21(17(19-15)14(2)18)12-11-20-9-4-3-5-10-20/h6-8,14H,3-5,9-12H2,1-2H3. The fourth-order valence-corrected chi connectivity index (χ4v) is 3.50. The Morgan fingerprint density at radius 1 is 1.19 bits per heavy atom. The van der Waals surface area contributed by atoms with Gasteiger partial charge in [-0.3, -0.25) is 0 Å². The lowest BCUT2D eigenvalue weighted by molar-refractivity contribution is 0.221. The molecule has 0 bridgehead atoms. The molecule has 1 aromatic carbocycles. The molecule has 1 fully saturated rings. The summed E-state index contributed by atoms with van der Waals surface area (Å²) in [6.45, 7) is 8.71. The number of rotatable bonds is 4. The number of alkyl halides is 1. The molecule has 1 aliphatic heterocycles. The number of likely N-dealkylation sites (tertiary alicyclic amines) is 1. The number of imidazole rings is 1. The van der Waals surface area contributed by atoms with Crippen LogP contribution in [0.25, 0.3) is 11.0 Å². The fraction of sp³-hybridized carbons (Fsp3) is 0.588. The van der Waals surface area contributed by atoms with E-state index in [1.54, 1.807) is 0 Å².